The second-order valence-electron chi connectivity index (χ2n) is 6.63. The molecule has 0 N–H and O–H groups in total. The molecule has 0 aliphatic carbocycles. The smallest absolute Gasteiger partial charge is 0.175 e. The van der Waals surface area contributed by atoms with Crippen LogP contribution in [-0.2, 0) is 16.4 Å². The van der Waals surface area contributed by atoms with Crippen molar-refractivity contribution < 1.29 is 8.42 Å². The number of hydrogen-bond donors (Lipinski definition) is 0. The average molecular weight is 393 g/mol. The maximum atomic E-state index is 11.9. The molecule has 2 heterocycles. The van der Waals surface area contributed by atoms with E-state index in [4.69, 9.17) is 0 Å². The largest absolute Gasteiger partial charge is 0.355 e. The third kappa shape index (κ3) is 3.59. The maximum absolute atomic E-state index is 11.9. The minimum absolute atomic E-state index is 0.251. The van der Waals surface area contributed by atoms with E-state index in [-0.39, 0.29) is 4.90 Å². The SMILES string of the molecule is CN(Cc1cnn(-c2ccccc2)c1)c1ncnc2ccc(S(C)(=O)=O)cc12. The van der Waals surface area contributed by atoms with E-state index in [0.717, 1.165) is 11.3 Å². The van der Waals surface area contributed by atoms with Crippen LogP contribution in [0, 0.1) is 0 Å². The number of aromatic nitrogens is 4. The summed E-state index contributed by atoms with van der Waals surface area (Å²) < 4.78 is 25.7. The summed E-state index contributed by atoms with van der Waals surface area (Å²) in [7, 11) is -1.40. The van der Waals surface area contributed by atoms with Crippen molar-refractivity contribution in [2.24, 2.45) is 0 Å². The molecule has 4 rings (SSSR count). The standard InChI is InChI=1S/C20H19N5O2S/c1-24(12-15-11-23-25(13-15)16-6-4-3-5-7-16)20-18-10-17(28(2,26)27)8-9-19(18)21-14-22-20/h3-11,13-14H,12H2,1-2H3. The van der Waals surface area contributed by atoms with Gasteiger partial charge in [0.15, 0.2) is 9.84 Å². The van der Waals surface area contributed by atoms with E-state index in [0.29, 0.717) is 23.3 Å². The molecule has 0 saturated heterocycles. The molecule has 0 saturated carbocycles. The highest BCUT2D eigenvalue weighted by Gasteiger charge is 2.14. The summed E-state index contributed by atoms with van der Waals surface area (Å²) in [6.07, 6.45) is 6.47. The maximum Gasteiger partial charge on any atom is 0.175 e. The van der Waals surface area contributed by atoms with Crippen molar-refractivity contribution in [3.8, 4) is 5.69 Å². The third-order valence-corrected chi connectivity index (χ3v) is 5.56. The van der Waals surface area contributed by atoms with Gasteiger partial charge >= 0.3 is 0 Å². The second-order valence-corrected chi connectivity index (χ2v) is 8.65. The quantitative estimate of drug-likeness (QED) is 0.519. The Balaban J connectivity index is 1.66. The van der Waals surface area contributed by atoms with Gasteiger partial charge in [0.1, 0.15) is 12.1 Å². The number of fused-ring (bicyclic) bond motifs is 1. The summed E-state index contributed by atoms with van der Waals surface area (Å²) in [6, 6.07) is 14.8. The van der Waals surface area contributed by atoms with Crippen molar-refractivity contribution in [1.29, 1.82) is 0 Å². The van der Waals surface area contributed by atoms with E-state index in [2.05, 4.69) is 15.1 Å². The van der Waals surface area contributed by atoms with E-state index >= 15 is 0 Å². The second kappa shape index (κ2) is 7.05. The zero-order chi connectivity index (χ0) is 19.7. The number of sulfone groups is 1. The molecule has 0 bridgehead atoms. The van der Waals surface area contributed by atoms with Crippen LogP contribution < -0.4 is 4.90 Å². The van der Waals surface area contributed by atoms with Gasteiger partial charge in [-0.3, -0.25) is 0 Å². The van der Waals surface area contributed by atoms with Crippen LogP contribution in [0.1, 0.15) is 5.56 Å². The zero-order valence-electron chi connectivity index (χ0n) is 15.5. The molecule has 0 spiro atoms. The number of para-hydroxylation sites is 1. The van der Waals surface area contributed by atoms with Crippen LogP contribution in [0.5, 0.6) is 0 Å². The van der Waals surface area contributed by atoms with Gasteiger partial charge in [0.25, 0.3) is 0 Å². The van der Waals surface area contributed by atoms with E-state index in [9.17, 15) is 8.42 Å². The van der Waals surface area contributed by atoms with E-state index in [1.54, 1.807) is 18.2 Å². The van der Waals surface area contributed by atoms with E-state index in [1.807, 2.05) is 59.4 Å². The van der Waals surface area contributed by atoms with Crippen molar-refractivity contribution in [3.63, 3.8) is 0 Å². The molecule has 0 atom stereocenters. The Morgan fingerprint density at radius 2 is 1.86 bits per heavy atom. The lowest BCUT2D eigenvalue weighted by molar-refractivity contribution is 0.602. The van der Waals surface area contributed by atoms with Crippen molar-refractivity contribution in [2.45, 2.75) is 11.4 Å². The van der Waals surface area contributed by atoms with Crippen LogP contribution in [0.2, 0.25) is 0 Å². The topological polar surface area (TPSA) is 81.0 Å². The fourth-order valence-electron chi connectivity index (χ4n) is 3.07. The third-order valence-electron chi connectivity index (χ3n) is 4.45. The Kier molecular flexibility index (Phi) is 4.56. The number of benzene rings is 2. The first-order chi connectivity index (χ1) is 13.4. The molecule has 0 aliphatic heterocycles. The number of hydrogen-bond acceptors (Lipinski definition) is 6. The first-order valence-electron chi connectivity index (χ1n) is 8.67. The van der Waals surface area contributed by atoms with Gasteiger partial charge in [-0.2, -0.15) is 5.10 Å². The van der Waals surface area contributed by atoms with Gasteiger partial charge in [-0.05, 0) is 30.3 Å². The summed E-state index contributed by atoms with van der Waals surface area (Å²) in [5.41, 5.74) is 2.70. The molecule has 2 aromatic carbocycles. The first-order valence-corrected chi connectivity index (χ1v) is 10.6. The highest BCUT2D eigenvalue weighted by Crippen LogP contribution is 2.26. The number of rotatable bonds is 5. The lowest BCUT2D eigenvalue weighted by Crippen LogP contribution is -2.18. The van der Waals surface area contributed by atoms with Crippen LogP contribution in [0.25, 0.3) is 16.6 Å². The number of anilines is 1. The fraction of sp³-hybridized carbons (Fsp3) is 0.150. The Hall–Kier alpha value is -3.26. The van der Waals surface area contributed by atoms with Crippen LogP contribution in [-0.4, -0.2) is 41.5 Å². The molecule has 8 heteroatoms. The summed E-state index contributed by atoms with van der Waals surface area (Å²) >= 11 is 0. The van der Waals surface area contributed by atoms with E-state index in [1.165, 1.54) is 12.6 Å². The summed E-state index contributed by atoms with van der Waals surface area (Å²) in [5, 5.41) is 5.12. The van der Waals surface area contributed by atoms with Gasteiger partial charge in [-0.25, -0.2) is 23.1 Å². The van der Waals surface area contributed by atoms with Gasteiger partial charge in [0.05, 0.1) is 22.3 Å². The molecule has 2 aromatic heterocycles. The number of nitrogens with zero attached hydrogens (tertiary/aromatic N) is 5. The summed E-state index contributed by atoms with van der Waals surface area (Å²) in [4.78, 5) is 10.8. The van der Waals surface area contributed by atoms with Gasteiger partial charge in [0.2, 0.25) is 0 Å². The van der Waals surface area contributed by atoms with Gasteiger partial charge < -0.3 is 4.90 Å². The zero-order valence-corrected chi connectivity index (χ0v) is 16.3. The van der Waals surface area contributed by atoms with Crippen molar-refractivity contribution >= 4 is 26.6 Å². The molecular weight excluding hydrogens is 374 g/mol. The Bertz CT molecular complexity index is 1240. The average Bonchev–Trinajstić information content (AvgIpc) is 3.15. The molecule has 0 unspecified atom stereocenters. The monoisotopic (exact) mass is 393 g/mol. The summed E-state index contributed by atoms with van der Waals surface area (Å²) in [5.74, 6) is 0.669. The van der Waals surface area contributed by atoms with Crippen molar-refractivity contribution in [2.75, 3.05) is 18.2 Å². The molecule has 0 amide bonds. The fourth-order valence-corrected chi connectivity index (χ4v) is 3.72. The molecule has 0 aliphatic rings. The molecule has 28 heavy (non-hydrogen) atoms. The summed E-state index contributed by atoms with van der Waals surface area (Å²) in [6.45, 7) is 0.571. The van der Waals surface area contributed by atoms with Crippen LogP contribution in [0.15, 0.2) is 72.1 Å². The molecule has 142 valence electrons. The Morgan fingerprint density at radius 1 is 1.07 bits per heavy atom. The van der Waals surface area contributed by atoms with Crippen LogP contribution in [0.4, 0.5) is 5.82 Å². The molecular formula is C20H19N5O2S. The van der Waals surface area contributed by atoms with Crippen LogP contribution in [0.3, 0.4) is 0 Å². The molecule has 0 fully saturated rings. The molecule has 4 aromatic rings. The lowest BCUT2D eigenvalue weighted by atomic mass is 10.2. The Labute approximate surface area is 163 Å². The van der Waals surface area contributed by atoms with Crippen LogP contribution >= 0.6 is 0 Å². The van der Waals surface area contributed by atoms with Crippen molar-refractivity contribution in [3.05, 3.63) is 72.8 Å². The van der Waals surface area contributed by atoms with E-state index < -0.39 is 9.84 Å². The highest BCUT2D eigenvalue weighted by atomic mass is 32.2. The predicted octanol–water partition coefficient (Wildman–Crippen LogP) is 2.86. The molecule has 0 radical (unpaired) electrons. The van der Waals surface area contributed by atoms with Gasteiger partial charge in [0, 0.05) is 37.0 Å². The van der Waals surface area contributed by atoms with Gasteiger partial charge in [-0.15, -0.1) is 0 Å². The van der Waals surface area contributed by atoms with Gasteiger partial charge in [-0.1, -0.05) is 18.2 Å². The minimum atomic E-state index is -3.31. The lowest BCUT2D eigenvalue weighted by Gasteiger charge is -2.19. The Morgan fingerprint density at radius 3 is 2.61 bits per heavy atom. The highest BCUT2D eigenvalue weighted by molar-refractivity contribution is 7.90. The minimum Gasteiger partial charge on any atom is -0.355 e. The molecule has 7 nitrogen and oxygen atoms in total. The van der Waals surface area contributed by atoms with Crippen molar-refractivity contribution in [1.82, 2.24) is 19.7 Å². The first kappa shape index (κ1) is 18.1. The predicted molar refractivity (Wildman–Crippen MR) is 108 cm³/mol. The normalized spacial score (nSPS) is 11.6.